The second kappa shape index (κ2) is 14.4. The van der Waals surface area contributed by atoms with E-state index in [-0.39, 0.29) is 31.6 Å². The number of carboxylic acids is 1. The lowest BCUT2D eigenvalue weighted by molar-refractivity contribution is -0.142. The summed E-state index contributed by atoms with van der Waals surface area (Å²) in [4.78, 5) is 82.5. The van der Waals surface area contributed by atoms with E-state index in [1.807, 2.05) is 0 Å². The summed E-state index contributed by atoms with van der Waals surface area (Å²) in [5.74, 6) is -7.05. The van der Waals surface area contributed by atoms with E-state index in [2.05, 4.69) is 16.0 Å². The van der Waals surface area contributed by atoms with E-state index in [0.29, 0.717) is 0 Å². The smallest absolute Gasteiger partial charge is 0.326 e. The first-order chi connectivity index (χ1) is 15.6. The Hall–Kier alpha value is -3.75. The van der Waals surface area contributed by atoms with Gasteiger partial charge in [-0.15, -0.1) is 0 Å². The first-order valence-electron chi connectivity index (χ1n) is 10.4. The van der Waals surface area contributed by atoms with Crippen LogP contribution in [0.5, 0.6) is 0 Å². The predicted molar refractivity (Wildman–Crippen MR) is 117 cm³/mol. The Bertz CT molecular complexity index is 802. The number of primary amides is 3. The van der Waals surface area contributed by atoms with Crippen LogP contribution in [0.15, 0.2) is 0 Å². The van der Waals surface area contributed by atoms with Crippen molar-refractivity contribution in [2.45, 2.75) is 70.1 Å². The molecule has 0 heterocycles. The molecule has 6 amide bonds. The van der Waals surface area contributed by atoms with Gasteiger partial charge < -0.3 is 44.0 Å². The molecule has 0 fully saturated rings. The fourth-order valence-electron chi connectivity index (χ4n) is 2.63. The third kappa shape index (κ3) is 11.8. The van der Waals surface area contributed by atoms with Gasteiger partial charge in [0.2, 0.25) is 35.4 Å². The normalized spacial score (nSPS) is 14.2. The summed E-state index contributed by atoms with van der Waals surface area (Å²) in [6, 6.07) is -5.48. The molecule has 0 saturated heterocycles. The topological polar surface area (TPSA) is 280 Å². The van der Waals surface area contributed by atoms with Crippen molar-refractivity contribution in [3.63, 3.8) is 0 Å². The highest BCUT2D eigenvalue weighted by molar-refractivity contribution is 5.96. The quantitative estimate of drug-likeness (QED) is 0.105. The molecule has 0 radical (unpaired) electrons. The maximum atomic E-state index is 12.8. The fraction of sp³-hybridized carbons (Fsp3) is 0.632. The minimum Gasteiger partial charge on any atom is -0.480 e. The molecule has 0 aliphatic rings. The van der Waals surface area contributed by atoms with Crippen molar-refractivity contribution >= 4 is 41.4 Å². The second-order valence-electron chi connectivity index (χ2n) is 7.97. The van der Waals surface area contributed by atoms with Crippen LogP contribution in [0, 0.1) is 5.92 Å². The molecule has 15 heteroatoms. The first kappa shape index (κ1) is 30.2. The fourth-order valence-corrected chi connectivity index (χ4v) is 2.63. The largest absolute Gasteiger partial charge is 0.480 e. The average Bonchev–Trinajstić information content (AvgIpc) is 2.71. The van der Waals surface area contributed by atoms with Gasteiger partial charge in [-0.1, -0.05) is 13.8 Å². The molecule has 0 saturated carbocycles. The summed E-state index contributed by atoms with van der Waals surface area (Å²) in [6.07, 6.45) is -1.92. The van der Waals surface area contributed by atoms with Crippen molar-refractivity contribution in [1.29, 1.82) is 0 Å². The lowest BCUT2D eigenvalue weighted by Crippen LogP contribution is -2.58. The number of hydrogen-bond donors (Lipinski definition) is 8. The maximum Gasteiger partial charge on any atom is 0.326 e. The highest BCUT2D eigenvalue weighted by Crippen LogP contribution is 2.05. The third-order valence-electron chi connectivity index (χ3n) is 4.67. The summed E-state index contributed by atoms with van der Waals surface area (Å²) in [5, 5.41) is 15.9. The number of carbonyl (C=O) groups is 7. The molecule has 15 nitrogen and oxygen atoms in total. The van der Waals surface area contributed by atoms with Crippen molar-refractivity contribution in [2.75, 3.05) is 0 Å². The van der Waals surface area contributed by atoms with E-state index in [1.54, 1.807) is 13.8 Å². The summed E-state index contributed by atoms with van der Waals surface area (Å²) >= 11 is 0. The van der Waals surface area contributed by atoms with Crippen molar-refractivity contribution < 1.29 is 38.7 Å². The average molecular weight is 488 g/mol. The van der Waals surface area contributed by atoms with Gasteiger partial charge in [-0.05, 0) is 18.8 Å². The zero-order valence-corrected chi connectivity index (χ0v) is 19.0. The van der Waals surface area contributed by atoms with Crippen LogP contribution in [-0.2, 0) is 33.6 Å². The van der Waals surface area contributed by atoms with E-state index in [1.165, 1.54) is 0 Å². The Labute approximate surface area is 195 Å². The van der Waals surface area contributed by atoms with Crippen LogP contribution in [-0.4, -0.2) is 70.7 Å². The SMILES string of the molecule is CC(C)C(N)C(=O)NC(CCC(N)=O)C(=O)NC(CC(N)=O)C(=O)NC(CCC(N)=O)C(=O)O. The van der Waals surface area contributed by atoms with Crippen LogP contribution in [0.2, 0.25) is 0 Å². The van der Waals surface area contributed by atoms with Gasteiger partial charge in [-0.2, -0.15) is 0 Å². The summed E-state index contributed by atoms with van der Waals surface area (Å²) in [6.45, 7) is 3.35. The van der Waals surface area contributed by atoms with Gasteiger partial charge in [0, 0.05) is 12.8 Å². The number of rotatable bonds is 16. The van der Waals surface area contributed by atoms with Gasteiger partial charge >= 0.3 is 5.97 Å². The molecule has 192 valence electrons. The Morgan fingerprint density at radius 2 is 1.09 bits per heavy atom. The zero-order valence-electron chi connectivity index (χ0n) is 19.0. The number of aliphatic carboxylic acids is 1. The molecule has 0 aromatic heterocycles. The minimum atomic E-state index is -1.62. The number of carboxylic acid groups (broad SMARTS) is 1. The molecule has 4 atom stereocenters. The highest BCUT2D eigenvalue weighted by atomic mass is 16.4. The van der Waals surface area contributed by atoms with Crippen molar-refractivity contribution in [3.05, 3.63) is 0 Å². The Morgan fingerprint density at radius 3 is 1.50 bits per heavy atom. The first-order valence-corrected chi connectivity index (χ1v) is 10.4. The number of nitrogens with one attached hydrogen (secondary N) is 3. The van der Waals surface area contributed by atoms with Gasteiger partial charge in [-0.3, -0.25) is 28.8 Å². The molecular weight excluding hydrogens is 454 g/mol. The molecular formula is C19H33N7O8. The third-order valence-corrected chi connectivity index (χ3v) is 4.67. The van der Waals surface area contributed by atoms with Crippen LogP contribution in [0.1, 0.15) is 46.0 Å². The molecule has 0 aromatic carbocycles. The Balaban J connectivity index is 5.59. The van der Waals surface area contributed by atoms with E-state index >= 15 is 0 Å². The molecule has 0 bridgehead atoms. The van der Waals surface area contributed by atoms with Gasteiger partial charge in [0.15, 0.2) is 0 Å². The van der Waals surface area contributed by atoms with Crippen LogP contribution in [0.4, 0.5) is 0 Å². The molecule has 0 rings (SSSR count). The van der Waals surface area contributed by atoms with Gasteiger partial charge in [-0.25, -0.2) is 4.79 Å². The molecule has 0 aromatic rings. The van der Waals surface area contributed by atoms with E-state index < -0.39 is 72.0 Å². The summed E-state index contributed by atoms with van der Waals surface area (Å²) < 4.78 is 0. The van der Waals surface area contributed by atoms with E-state index in [4.69, 9.17) is 22.9 Å². The second-order valence-corrected chi connectivity index (χ2v) is 7.97. The zero-order chi connectivity index (χ0) is 26.6. The minimum absolute atomic E-state index is 0.237. The number of carbonyl (C=O) groups excluding carboxylic acids is 6. The number of hydrogen-bond acceptors (Lipinski definition) is 8. The molecule has 0 aliphatic carbocycles. The predicted octanol–water partition coefficient (Wildman–Crippen LogP) is -4.08. The van der Waals surface area contributed by atoms with Gasteiger partial charge in [0.1, 0.15) is 18.1 Å². The molecule has 12 N–H and O–H groups in total. The van der Waals surface area contributed by atoms with Gasteiger partial charge in [0.25, 0.3) is 0 Å². The number of amides is 6. The monoisotopic (exact) mass is 487 g/mol. The standard InChI is InChI=1S/C19H33N7O8/c1-8(2)15(23)18(32)24-9(3-5-12(20)27)16(30)26-11(7-14(22)29)17(31)25-10(19(33)34)4-6-13(21)28/h8-11,15H,3-7,23H2,1-2H3,(H2,20,27)(H2,21,28)(H2,22,29)(H,24,32)(H,25,31)(H,26,30)(H,33,34). The van der Waals surface area contributed by atoms with Crippen LogP contribution in [0.3, 0.4) is 0 Å². The molecule has 4 unspecified atom stereocenters. The van der Waals surface area contributed by atoms with E-state index in [0.717, 1.165) is 0 Å². The molecule has 0 aliphatic heterocycles. The molecule has 34 heavy (non-hydrogen) atoms. The Morgan fingerprint density at radius 1 is 0.676 bits per heavy atom. The lowest BCUT2D eigenvalue weighted by atomic mass is 10.0. The lowest BCUT2D eigenvalue weighted by Gasteiger charge is -2.25. The van der Waals surface area contributed by atoms with Crippen molar-refractivity contribution in [1.82, 2.24) is 16.0 Å². The number of nitrogens with two attached hydrogens (primary N) is 4. The van der Waals surface area contributed by atoms with E-state index in [9.17, 15) is 38.7 Å². The summed E-state index contributed by atoms with van der Waals surface area (Å²) in [5.41, 5.74) is 21.0. The summed E-state index contributed by atoms with van der Waals surface area (Å²) in [7, 11) is 0. The highest BCUT2D eigenvalue weighted by Gasteiger charge is 2.31. The van der Waals surface area contributed by atoms with Crippen LogP contribution in [0.25, 0.3) is 0 Å². The van der Waals surface area contributed by atoms with Crippen LogP contribution >= 0.6 is 0 Å². The van der Waals surface area contributed by atoms with Gasteiger partial charge in [0.05, 0.1) is 12.5 Å². The van der Waals surface area contributed by atoms with Crippen molar-refractivity contribution in [3.8, 4) is 0 Å². The van der Waals surface area contributed by atoms with Crippen molar-refractivity contribution in [2.24, 2.45) is 28.9 Å². The molecule has 0 spiro atoms. The van der Waals surface area contributed by atoms with Crippen LogP contribution < -0.4 is 38.9 Å². The Kier molecular flexibility index (Phi) is 12.8. The maximum absolute atomic E-state index is 12.8.